The number of nitrogens with zero attached hydrogens (tertiary/aromatic N) is 10. The number of unbranched alkanes of at least 4 members (excludes halogenated alkanes) is 3. The molecule has 1 unspecified atom stereocenters. The highest BCUT2D eigenvalue weighted by Crippen LogP contribution is 2.31. The van der Waals surface area contributed by atoms with Gasteiger partial charge in [0.25, 0.3) is 11.8 Å². The first-order valence-corrected chi connectivity index (χ1v) is 33.7. The molecule has 0 spiro atoms. The zero-order chi connectivity index (χ0) is 68.7. The molecule has 6 amide bonds. The van der Waals surface area contributed by atoms with E-state index in [9.17, 15) is 67.3 Å². The number of ether oxygens (including phenoxy) is 1. The van der Waals surface area contributed by atoms with Crippen molar-refractivity contribution in [2.45, 2.75) is 102 Å². The van der Waals surface area contributed by atoms with Gasteiger partial charge in [-0.1, -0.05) is 18.6 Å². The number of fused-ring (bicyclic) bond motifs is 1. The van der Waals surface area contributed by atoms with Gasteiger partial charge in [0.15, 0.2) is 0 Å². The van der Waals surface area contributed by atoms with Crippen LogP contribution in [0.25, 0.3) is 10.9 Å². The summed E-state index contributed by atoms with van der Waals surface area (Å²) in [5, 5.41) is 40.7. The SMILES string of the molecule is CN=C[C@H]1CC(F)(F)CN1C(=O)CNC(=O)c1ccnc2ccc(OCCCN3CCN(C(=O)CCCCCNC(=O)C(CCCCN=C(C)NC(=O)CCCc4ccc(I)cc4)NC(=O)CN4CCN(CC(=O)O)CCN(CC(=O)O)CCN(CC(=O)O)CC4)CC3)cc12. The van der Waals surface area contributed by atoms with Crippen LogP contribution in [0, 0.1) is 3.57 Å². The maximum Gasteiger partial charge on any atom is 0.317 e. The molecule has 95 heavy (non-hydrogen) atoms. The quantitative estimate of drug-likeness (QED) is 0.0196. The van der Waals surface area contributed by atoms with Crippen molar-refractivity contribution in [1.82, 2.24) is 60.6 Å². The summed E-state index contributed by atoms with van der Waals surface area (Å²) in [6, 6.07) is 13.1. The van der Waals surface area contributed by atoms with E-state index in [-0.39, 0.29) is 108 Å². The minimum Gasteiger partial charge on any atom is -0.494 e. The lowest BCUT2D eigenvalue weighted by Gasteiger charge is -2.34. The number of amidine groups is 1. The van der Waals surface area contributed by atoms with Gasteiger partial charge in [0, 0.05) is 146 Å². The zero-order valence-electron chi connectivity index (χ0n) is 54.5. The number of rotatable bonds is 34. The van der Waals surface area contributed by atoms with Crippen LogP contribution in [0.1, 0.15) is 93.5 Å². The molecule has 3 aliphatic rings. The van der Waals surface area contributed by atoms with E-state index in [0.29, 0.717) is 126 Å². The molecular weight excluding hydrogens is 1350 g/mol. The Morgan fingerprint density at radius 1 is 0.705 bits per heavy atom. The normalized spacial score (nSPS) is 17.8. The highest BCUT2D eigenvalue weighted by atomic mass is 127. The Morgan fingerprint density at radius 3 is 1.95 bits per heavy atom. The van der Waals surface area contributed by atoms with E-state index in [0.717, 1.165) is 27.0 Å². The first kappa shape index (κ1) is 76.6. The fraction of sp³-hybridized carbons (Fsp3) is 0.600. The average molecular weight is 1440 g/mol. The number of aromatic nitrogens is 1. The topological polar surface area (TPSA) is 332 Å². The standard InChI is InChI=1S/C65H93F2IN14O13/c1-47(74-56(83)12-8-10-48-14-16-49(68)17-15-48)70-21-7-5-11-55(75-57(84)42-77-25-27-78(43-60(87)88)29-31-80(45-62(91)92)32-30-79(28-26-77)44-61(89)90)64(94)72-22-6-3-4-13-58(85)81-35-33-76(34-36-81)24-9-37-95-51-18-19-54-53(38-51)52(20-23-71-54)63(93)73-41-59(86)82-46-65(66,67)39-50(82)40-69-2/h14-20,23,38,40,50,55H,3-13,21-22,24-37,39,41-46H2,1-2H3,(H,72,94)(H,73,93)(H,75,84)(H,87,88)(H,89,90)(H,91,92)(H,70,74,83)/t50-,55?/m1/s1. The number of aliphatic carboxylic acids is 3. The second-order valence-electron chi connectivity index (χ2n) is 24.2. The van der Waals surface area contributed by atoms with Crippen LogP contribution < -0.4 is 26.0 Å². The van der Waals surface area contributed by atoms with Crippen LogP contribution in [-0.2, 0) is 44.8 Å². The van der Waals surface area contributed by atoms with Gasteiger partial charge in [0.2, 0.25) is 29.5 Å². The summed E-state index contributed by atoms with van der Waals surface area (Å²) in [5.41, 5.74) is 1.94. The second-order valence-corrected chi connectivity index (χ2v) is 25.4. The summed E-state index contributed by atoms with van der Waals surface area (Å²) in [6.07, 6.45) is 8.27. The van der Waals surface area contributed by atoms with Gasteiger partial charge in [-0.25, -0.2) is 8.78 Å². The number of pyridine rings is 1. The van der Waals surface area contributed by atoms with Crippen molar-refractivity contribution in [3.05, 3.63) is 69.4 Å². The first-order chi connectivity index (χ1) is 45.5. The molecule has 3 aromatic rings. The molecule has 4 heterocycles. The van der Waals surface area contributed by atoms with Gasteiger partial charge in [-0.15, -0.1) is 0 Å². The van der Waals surface area contributed by atoms with Crippen LogP contribution in [0.5, 0.6) is 5.75 Å². The Morgan fingerprint density at radius 2 is 1.33 bits per heavy atom. The Bertz CT molecular complexity index is 3070. The number of benzene rings is 2. The number of piperazine rings is 1. The van der Waals surface area contributed by atoms with Crippen LogP contribution in [0.3, 0.4) is 0 Å². The third-order valence-electron chi connectivity index (χ3n) is 16.7. The van der Waals surface area contributed by atoms with Crippen LogP contribution in [0.2, 0.25) is 0 Å². The van der Waals surface area contributed by atoms with E-state index in [2.05, 4.69) is 75.9 Å². The zero-order valence-corrected chi connectivity index (χ0v) is 56.7. The van der Waals surface area contributed by atoms with Crippen molar-refractivity contribution in [3.63, 3.8) is 0 Å². The lowest BCUT2D eigenvalue weighted by molar-refractivity contribution is -0.140. The average Bonchev–Trinajstić information content (AvgIpc) is 1.79. The van der Waals surface area contributed by atoms with Crippen molar-refractivity contribution < 1.29 is 72.0 Å². The Balaban J connectivity index is 0.932. The third kappa shape index (κ3) is 28.5. The molecule has 2 atom stereocenters. The van der Waals surface area contributed by atoms with Gasteiger partial charge in [-0.05, 0) is 123 Å². The Kier molecular flexibility index (Phi) is 32.5. The van der Waals surface area contributed by atoms with Gasteiger partial charge in [0.05, 0.1) is 68.8 Å². The maximum absolute atomic E-state index is 14.1. The largest absolute Gasteiger partial charge is 0.494 e. The lowest BCUT2D eigenvalue weighted by Crippen LogP contribution is -2.52. The molecule has 1 aromatic heterocycles. The van der Waals surface area contributed by atoms with Crippen LogP contribution >= 0.6 is 22.6 Å². The molecule has 30 heteroatoms. The van der Waals surface area contributed by atoms with E-state index in [4.69, 9.17) is 4.74 Å². The number of halogens is 3. The third-order valence-corrected chi connectivity index (χ3v) is 17.4. The van der Waals surface area contributed by atoms with Crippen molar-refractivity contribution in [2.24, 2.45) is 9.98 Å². The van der Waals surface area contributed by atoms with Gasteiger partial charge in [-0.2, -0.15) is 0 Å². The van der Waals surface area contributed by atoms with Gasteiger partial charge < -0.3 is 51.1 Å². The van der Waals surface area contributed by atoms with E-state index < -0.39 is 73.1 Å². The number of carboxylic acid groups (broad SMARTS) is 3. The minimum absolute atomic E-state index is 0.0523. The predicted molar refractivity (Wildman–Crippen MR) is 361 cm³/mol. The van der Waals surface area contributed by atoms with Crippen LogP contribution in [0.15, 0.2) is 64.7 Å². The number of hydrogen-bond donors (Lipinski definition) is 7. The summed E-state index contributed by atoms with van der Waals surface area (Å²) in [5.74, 6) is -7.41. The molecule has 7 N–H and O–H groups in total. The molecular formula is C65H93F2IN14O13. The first-order valence-electron chi connectivity index (χ1n) is 32.6. The van der Waals surface area contributed by atoms with Crippen molar-refractivity contribution in [3.8, 4) is 5.75 Å². The van der Waals surface area contributed by atoms with Crippen molar-refractivity contribution in [1.29, 1.82) is 0 Å². The van der Waals surface area contributed by atoms with E-state index in [1.54, 1.807) is 44.7 Å². The number of alkyl halides is 2. The molecule has 27 nitrogen and oxygen atoms in total. The van der Waals surface area contributed by atoms with E-state index >= 15 is 0 Å². The van der Waals surface area contributed by atoms with Crippen LogP contribution in [0.4, 0.5) is 8.78 Å². The van der Waals surface area contributed by atoms with Crippen LogP contribution in [-0.4, -0.2) is 289 Å². The summed E-state index contributed by atoms with van der Waals surface area (Å²) in [7, 11) is 1.45. The summed E-state index contributed by atoms with van der Waals surface area (Å²) < 4.78 is 35.5. The Hall–Kier alpha value is -7.39. The number of hydrogen-bond acceptors (Lipinski definition) is 18. The number of carbonyl (C=O) groups excluding carboxylic acids is 6. The number of nitrogens with one attached hydrogen (secondary N) is 4. The molecule has 0 saturated carbocycles. The van der Waals surface area contributed by atoms with Gasteiger partial charge in [-0.3, -0.25) is 82.6 Å². The molecule has 522 valence electrons. The molecule has 6 rings (SSSR count). The van der Waals surface area contributed by atoms with Crippen molar-refractivity contribution >= 4 is 98.9 Å². The van der Waals surface area contributed by atoms with E-state index in [1.165, 1.54) is 25.5 Å². The maximum atomic E-state index is 14.1. The fourth-order valence-electron chi connectivity index (χ4n) is 11.6. The smallest absolute Gasteiger partial charge is 0.317 e. The summed E-state index contributed by atoms with van der Waals surface area (Å²) in [4.78, 5) is 140. The van der Waals surface area contributed by atoms with Gasteiger partial charge in [0.1, 0.15) is 11.8 Å². The lowest BCUT2D eigenvalue weighted by atomic mass is 10.1. The fourth-order valence-corrected chi connectivity index (χ4v) is 11.9. The molecule has 3 saturated heterocycles. The summed E-state index contributed by atoms with van der Waals surface area (Å²) in [6.45, 7) is 5.45. The Labute approximate surface area is 566 Å². The minimum atomic E-state index is -3.05. The van der Waals surface area contributed by atoms with Gasteiger partial charge >= 0.3 is 17.9 Å². The number of aryl methyl sites for hydroxylation is 1. The number of aliphatic imine (C=N–C) groups is 2. The predicted octanol–water partition coefficient (Wildman–Crippen LogP) is 2.78. The highest BCUT2D eigenvalue weighted by Gasteiger charge is 2.46. The monoisotopic (exact) mass is 1440 g/mol. The second kappa shape index (κ2) is 40.2. The number of likely N-dealkylation sites (tertiary alicyclic amines) is 1. The van der Waals surface area contributed by atoms with Crippen molar-refractivity contribution in [2.75, 3.05) is 151 Å². The molecule has 3 fully saturated rings. The molecule has 2 aromatic carbocycles. The molecule has 0 bridgehead atoms. The number of carbonyl (C=O) groups is 9. The molecule has 0 radical (unpaired) electrons. The number of carboxylic acids is 3. The molecule has 3 aliphatic heterocycles. The highest BCUT2D eigenvalue weighted by molar-refractivity contribution is 14.1. The number of amides is 6. The summed E-state index contributed by atoms with van der Waals surface area (Å²) >= 11 is 2.25. The van der Waals surface area contributed by atoms with E-state index in [1.807, 2.05) is 17.0 Å². The molecule has 0 aliphatic carbocycles.